The molecule has 2 atom stereocenters. The van der Waals surface area contributed by atoms with E-state index >= 15 is 0 Å². The number of hydrogen-bond donors (Lipinski definition) is 2. The number of halogens is 2. The van der Waals surface area contributed by atoms with E-state index in [4.69, 9.17) is 0 Å². The second-order valence-electron chi connectivity index (χ2n) is 11.8. The zero-order valence-electron chi connectivity index (χ0n) is 22.7. The molecule has 7 rings (SSSR count). The fourth-order valence-electron chi connectivity index (χ4n) is 6.55. The zero-order chi connectivity index (χ0) is 29.4. The van der Waals surface area contributed by atoms with E-state index in [-0.39, 0.29) is 23.9 Å². The van der Waals surface area contributed by atoms with Gasteiger partial charge in [0.2, 0.25) is 11.8 Å². The van der Waals surface area contributed by atoms with Crippen LogP contribution in [0.5, 0.6) is 0 Å². The molecule has 1 aromatic heterocycles. The van der Waals surface area contributed by atoms with Crippen molar-refractivity contribution in [2.24, 2.45) is 5.92 Å². The molecule has 2 fully saturated rings. The van der Waals surface area contributed by atoms with E-state index in [1.165, 1.54) is 6.92 Å². The molecule has 1 saturated heterocycles. The highest BCUT2D eigenvalue weighted by atomic mass is 19.1. The lowest BCUT2D eigenvalue weighted by Gasteiger charge is -2.31. The molecule has 214 valence electrons. The Morgan fingerprint density at radius 3 is 2.52 bits per heavy atom. The van der Waals surface area contributed by atoms with Gasteiger partial charge in [0, 0.05) is 30.1 Å². The van der Waals surface area contributed by atoms with Gasteiger partial charge in [0.15, 0.2) is 0 Å². The van der Waals surface area contributed by atoms with Gasteiger partial charge in [-0.15, -0.1) is 0 Å². The summed E-state index contributed by atoms with van der Waals surface area (Å²) in [5.74, 6) is -2.34. The van der Waals surface area contributed by atoms with E-state index in [0.717, 1.165) is 51.5 Å². The highest BCUT2D eigenvalue weighted by molar-refractivity contribution is 6.09. The standard InChI is InChI=1S/C31H27F2N5O4/c1-30(20-10-21(32)12-22(33)11-20)28(41)37(15-17-4-5-17)29(42)38(30)16-25(39)35-23-7-6-18-13-31(14-19(18)9-23)24-3-2-8-34-26(24)36-27(31)40/h2-3,6-12,17H,4-5,13-16H2,1H3,(H,35,39)(H,34,36,40)/t30?,31-/m1/s1. The normalized spacial score (nSPS) is 24.3. The molecule has 11 heteroatoms. The molecule has 3 heterocycles. The van der Waals surface area contributed by atoms with Gasteiger partial charge >= 0.3 is 6.03 Å². The molecule has 1 spiro atoms. The number of rotatable bonds is 6. The van der Waals surface area contributed by atoms with Crippen LogP contribution in [0.15, 0.2) is 54.7 Å². The van der Waals surface area contributed by atoms with Gasteiger partial charge in [-0.05, 0) is 85.5 Å². The van der Waals surface area contributed by atoms with Crippen molar-refractivity contribution in [3.63, 3.8) is 0 Å². The van der Waals surface area contributed by atoms with Crippen LogP contribution in [0.25, 0.3) is 0 Å². The monoisotopic (exact) mass is 571 g/mol. The average Bonchev–Trinajstić information content (AvgIpc) is 3.59. The summed E-state index contributed by atoms with van der Waals surface area (Å²) in [6.07, 6.45) is 4.34. The van der Waals surface area contributed by atoms with Crippen LogP contribution in [0.3, 0.4) is 0 Å². The molecule has 0 radical (unpaired) electrons. The Morgan fingerprint density at radius 1 is 1.05 bits per heavy atom. The first-order valence-electron chi connectivity index (χ1n) is 13.9. The number of fused-ring (bicyclic) bond motifs is 3. The minimum Gasteiger partial charge on any atom is -0.325 e. The van der Waals surface area contributed by atoms with Crippen LogP contribution < -0.4 is 10.6 Å². The number of benzene rings is 2. The van der Waals surface area contributed by atoms with Crippen molar-refractivity contribution in [1.29, 1.82) is 0 Å². The molecular formula is C31H27F2N5O4. The van der Waals surface area contributed by atoms with E-state index in [1.54, 1.807) is 24.4 Å². The van der Waals surface area contributed by atoms with Crippen molar-refractivity contribution in [3.05, 3.63) is 88.6 Å². The number of anilines is 2. The second kappa shape index (κ2) is 9.17. The summed E-state index contributed by atoms with van der Waals surface area (Å²) in [4.78, 5) is 59.9. The number of carbonyl (C=O) groups is 4. The van der Waals surface area contributed by atoms with Crippen molar-refractivity contribution in [3.8, 4) is 0 Å². The summed E-state index contributed by atoms with van der Waals surface area (Å²) in [6, 6.07) is 11.1. The fraction of sp³-hybridized carbons (Fsp3) is 0.323. The number of carbonyl (C=O) groups excluding carboxylic acids is 4. The van der Waals surface area contributed by atoms with Crippen LogP contribution in [0.4, 0.5) is 25.1 Å². The first-order valence-corrected chi connectivity index (χ1v) is 13.9. The van der Waals surface area contributed by atoms with Gasteiger partial charge in [-0.25, -0.2) is 18.6 Å². The molecule has 4 aliphatic rings. The fourth-order valence-corrected chi connectivity index (χ4v) is 6.55. The van der Waals surface area contributed by atoms with Gasteiger partial charge in [0.25, 0.3) is 5.91 Å². The van der Waals surface area contributed by atoms with Crippen molar-refractivity contribution >= 4 is 35.3 Å². The number of nitrogens with zero attached hydrogens (tertiary/aromatic N) is 3. The largest absolute Gasteiger partial charge is 0.328 e. The first kappa shape index (κ1) is 26.2. The lowest BCUT2D eigenvalue weighted by Crippen LogP contribution is -2.47. The number of imide groups is 1. The molecule has 2 N–H and O–H groups in total. The zero-order valence-corrected chi connectivity index (χ0v) is 22.7. The third-order valence-corrected chi connectivity index (χ3v) is 8.99. The summed E-state index contributed by atoms with van der Waals surface area (Å²) >= 11 is 0. The van der Waals surface area contributed by atoms with E-state index in [1.807, 2.05) is 12.1 Å². The molecule has 1 unspecified atom stereocenters. The quantitative estimate of drug-likeness (QED) is 0.437. The third kappa shape index (κ3) is 3.98. The molecule has 1 saturated carbocycles. The van der Waals surface area contributed by atoms with Crippen LogP contribution >= 0.6 is 0 Å². The lowest BCUT2D eigenvalue weighted by molar-refractivity contribution is -0.133. The van der Waals surface area contributed by atoms with E-state index in [9.17, 15) is 28.0 Å². The highest BCUT2D eigenvalue weighted by Crippen LogP contribution is 2.47. The Labute approximate surface area is 239 Å². The Morgan fingerprint density at radius 2 is 1.79 bits per heavy atom. The molecule has 2 aliphatic carbocycles. The average molecular weight is 572 g/mol. The molecule has 42 heavy (non-hydrogen) atoms. The number of aromatic nitrogens is 1. The van der Waals surface area contributed by atoms with Gasteiger partial charge < -0.3 is 10.6 Å². The minimum absolute atomic E-state index is 0.0445. The maximum absolute atomic E-state index is 14.2. The SMILES string of the molecule is CC1(c2cc(F)cc(F)c2)C(=O)N(CC2CC2)C(=O)N1CC(=O)Nc1ccc2c(c1)C[C@@]1(C2)C(=O)Nc2ncccc21. The van der Waals surface area contributed by atoms with Gasteiger partial charge in [-0.1, -0.05) is 12.1 Å². The molecule has 2 aliphatic heterocycles. The van der Waals surface area contributed by atoms with Crippen molar-refractivity contribution in [2.75, 3.05) is 23.7 Å². The van der Waals surface area contributed by atoms with E-state index < -0.39 is 47.0 Å². The second-order valence-corrected chi connectivity index (χ2v) is 11.8. The number of hydrogen-bond acceptors (Lipinski definition) is 5. The maximum Gasteiger partial charge on any atom is 0.328 e. The predicted molar refractivity (Wildman–Crippen MR) is 147 cm³/mol. The highest BCUT2D eigenvalue weighted by Gasteiger charge is 2.57. The number of nitrogens with one attached hydrogen (secondary N) is 2. The smallest absolute Gasteiger partial charge is 0.325 e. The predicted octanol–water partition coefficient (Wildman–Crippen LogP) is 3.88. The summed E-state index contributed by atoms with van der Waals surface area (Å²) in [5.41, 5.74) is 0.624. The molecule has 2 aromatic carbocycles. The minimum atomic E-state index is -1.77. The van der Waals surface area contributed by atoms with Gasteiger partial charge in [-0.2, -0.15) is 0 Å². The summed E-state index contributed by atoms with van der Waals surface area (Å²) in [7, 11) is 0. The first-order chi connectivity index (χ1) is 20.1. The summed E-state index contributed by atoms with van der Waals surface area (Å²) in [6.45, 7) is 1.10. The van der Waals surface area contributed by atoms with Gasteiger partial charge in [0.05, 0.1) is 5.41 Å². The Kier molecular flexibility index (Phi) is 5.73. The molecule has 5 amide bonds. The van der Waals surface area contributed by atoms with Crippen LogP contribution in [0.1, 0.15) is 42.0 Å². The summed E-state index contributed by atoms with van der Waals surface area (Å²) in [5, 5.41) is 5.67. The van der Waals surface area contributed by atoms with Crippen molar-refractivity contribution in [1.82, 2.24) is 14.8 Å². The topological polar surface area (TPSA) is 112 Å². The Hall–Kier alpha value is -4.67. The Balaban J connectivity index is 1.14. The maximum atomic E-state index is 14.2. The van der Waals surface area contributed by atoms with E-state index in [0.29, 0.717) is 30.4 Å². The lowest BCUT2D eigenvalue weighted by atomic mass is 9.79. The Bertz CT molecular complexity index is 1690. The van der Waals surface area contributed by atoms with Crippen LogP contribution in [0.2, 0.25) is 0 Å². The number of pyridine rings is 1. The van der Waals surface area contributed by atoms with Crippen LogP contribution in [-0.2, 0) is 38.2 Å². The molecule has 9 nitrogen and oxygen atoms in total. The van der Waals surface area contributed by atoms with Gasteiger partial charge in [-0.3, -0.25) is 24.2 Å². The number of urea groups is 1. The van der Waals surface area contributed by atoms with Crippen LogP contribution in [0, 0.1) is 17.6 Å². The van der Waals surface area contributed by atoms with Crippen molar-refractivity contribution in [2.45, 2.75) is 43.6 Å². The molecule has 3 aromatic rings. The van der Waals surface area contributed by atoms with E-state index in [2.05, 4.69) is 15.6 Å². The third-order valence-electron chi connectivity index (χ3n) is 8.99. The summed E-state index contributed by atoms with van der Waals surface area (Å²) < 4.78 is 28.4. The van der Waals surface area contributed by atoms with Gasteiger partial charge in [0.1, 0.15) is 29.5 Å². The molecule has 0 bridgehead atoms. The van der Waals surface area contributed by atoms with Crippen molar-refractivity contribution < 1.29 is 28.0 Å². The molecular weight excluding hydrogens is 544 g/mol. The van der Waals surface area contributed by atoms with Crippen LogP contribution in [-0.4, -0.2) is 51.6 Å². The number of amides is 5.